The van der Waals surface area contributed by atoms with Crippen LogP contribution in [0.3, 0.4) is 0 Å². The van der Waals surface area contributed by atoms with Gasteiger partial charge in [0.2, 0.25) is 0 Å². The van der Waals surface area contributed by atoms with Crippen molar-refractivity contribution < 1.29 is 0 Å². The molecule has 0 saturated carbocycles. The van der Waals surface area contributed by atoms with Crippen molar-refractivity contribution in [1.82, 2.24) is 0 Å². The van der Waals surface area contributed by atoms with Gasteiger partial charge >= 0.3 is 0 Å². The van der Waals surface area contributed by atoms with Gasteiger partial charge in [0.25, 0.3) is 6.71 Å². The van der Waals surface area contributed by atoms with Crippen LogP contribution < -0.4 is 26.2 Å². The summed E-state index contributed by atoms with van der Waals surface area (Å²) in [7, 11) is 0. The van der Waals surface area contributed by atoms with E-state index < -0.39 is 0 Å². The lowest BCUT2D eigenvalue weighted by molar-refractivity contribution is 0.632. The van der Waals surface area contributed by atoms with Crippen molar-refractivity contribution in [2.24, 2.45) is 0 Å². The summed E-state index contributed by atoms with van der Waals surface area (Å²) in [4.78, 5) is 7.63. The Morgan fingerprint density at radius 2 is 1.22 bits per heavy atom. The molecular weight excluding hydrogens is 565 g/mol. The van der Waals surface area contributed by atoms with Gasteiger partial charge in [-0.2, -0.15) is 5.26 Å². The molecule has 3 nitrogen and oxygen atoms in total. The van der Waals surface area contributed by atoms with Crippen LogP contribution in [0.15, 0.2) is 131 Å². The van der Waals surface area contributed by atoms with E-state index in [1.165, 1.54) is 71.4 Å². The molecule has 0 saturated heterocycles. The average molecular weight is 592 g/mol. The van der Waals surface area contributed by atoms with Gasteiger partial charge in [0.1, 0.15) is 0 Å². The van der Waals surface area contributed by atoms with Crippen molar-refractivity contribution in [3.05, 3.63) is 138 Å². The van der Waals surface area contributed by atoms with Gasteiger partial charge in [-0.15, -0.1) is 0 Å². The third-order valence-corrected chi connectivity index (χ3v) is 11.4. The molecule has 0 spiro atoms. The standard InChI is InChI=1S/C40H26BN3S/c1-40(2)27-9-3-4-13-31(27)43-33-21-26(25-19-17-24(23-42)18-20-25)22-34-37(33)41(29-11-7-10-28(40)38(29)43)30-12-8-16-36-39(30)44(34)32-14-5-6-15-35(32)45-36/h3-22H,1-2H3. The third-order valence-electron chi connectivity index (χ3n) is 10.2. The van der Waals surface area contributed by atoms with Gasteiger partial charge < -0.3 is 9.80 Å². The van der Waals surface area contributed by atoms with Crippen LogP contribution in [0.5, 0.6) is 0 Å². The Balaban J connectivity index is 1.37. The molecule has 0 unspecified atom stereocenters. The highest BCUT2D eigenvalue weighted by Crippen LogP contribution is 2.57. The number of hydrogen-bond acceptors (Lipinski definition) is 4. The van der Waals surface area contributed by atoms with Crippen LogP contribution in [-0.2, 0) is 5.41 Å². The second-order valence-corrected chi connectivity index (χ2v) is 14.0. The summed E-state index contributed by atoms with van der Waals surface area (Å²) < 4.78 is 0. The fraction of sp³-hybridized carbons (Fsp3) is 0.0750. The summed E-state index contributed by atoms with van der Waals surface area (Å²) in [6, 6.07) is 46.6. The summed E-state index contributed by atoms with van der Waals surface area (Å²) in [5.41, 5.74) is 17.1. The molecule has 0 radical (unpaired) electrons. The Labute approximate surface area is 267 Å². The van der Waals surface area contributed by atoms with Crippen LogP contribution in [0.25, 0.3) is 11.1 Å². The lowest BCUT2D eigenvalue weighted by Gasteiger charge is -2.50. The van der Waals surface area contributed by atoms with Crippen LogP contribution in [0, 0.1) is 11.3 Å². The molecule has 6 aromatic carbocycles. The van der Waals surface area contributed by atoms with Crippen LogP contribution >= 0.6 is 11.8 Å². The molecule has 210 valence electrons. The molecule has 0 aliphatic carbocycles. The Morgan fingerprint density at radius 1 is 0.600 bits per heavy atom. The zero-order chi connectivity index (χ0) is 30.0. The molecule has 0 aromatic heterocycles. The summed E-state index contributed by atoms with van der Waals surface area (Å²) in [5.74, 6) is 0. The quantitative estimate of drug-likeness (QED) is 0.179. The number of benzene rings is 6. The molecular formula is C40H26BN3S. The van der Waals surface area contributed by atoms with Crippen molar-refractivity contribution in [2.75, 3.05) is 9.80 Å². The molecule has 45 heavy (non-hydrogen) atoms. The van der Waals surface area contributed by atoms with E-state index in [4.69, 9.17) is 0 Å². The Kier molecular flexibility index (Phi) is 4.88. The van der Waals surface area contributed by atoms with Crippen molar-refractivity contribution in [2.45, 2.75) is 29.1 Å². The maximum absolute atomic E-state index is 9.52. The van der Waals surface area contributed by atoms with Crippen molar-refractivity contribution in [3.8, 4) is 17.2 Å². The predicted octanol–water partition coefficient (Wildman–Crippen LogP) is 8.41. The highest BCUT2D eigenvalue weighted by atomic mass is 32.2. The molecule has 4 aliphatic rings. The zero-order valence-corrected chi connectivity index (χ0v) is 25.7. The minimum Gasteiger partial charge on any atom is -0.311 e. The van der Waals surface area contributed by atoms with Crippen LogP contribution in [0.2, 0.25) is 0 Å². The number of hydrogen-bond donors (Lipinski definition) is 0. The number of nitrogens with zero attached hydrogens (tertiary/aromatic N) is 3. The normalized spacial score (nSPS) is 15.3. The second kappa shape index (κ2) is 8.72. The van der Waals surface area contributed by atoms with E-state index in [-0.39, 0.29) is 12.1 Å². The minimum absolute atomic E-state index is 0.106. The highest BCUT2D eigenvalue weighted by molar-refractivity contribution is 7.99. The predicted molar refractivity (Wildman–Crippen MR) is 187 cm³/mol. The number of para-hydroxylation sites is 4. The molecule has 0 atom stereocenters. The Bertz CT molecular complexity index is 2320. The molecule has 0 bridgehead atoms. The molecule has 4 aliphatic heterocycles. The molecule has 0 fully saturated rings. The number of nitriles is 1. The van der Waals surface area contributed by atoms with Gasteiger partial charge in [0, 0.05) is 32.3 Å². The van der Waals surface area contributed by atoms with E-state index in [9.17, 15) is 5.26 Å². The lowest BCUT2D eigenvalue weighted by atomic mass is 9.33. The van der Waals surface area contributed by atoms with E-state index in [0.717, 1.165) is 11.1 Å². The summed E-state index contributed by atoms with van der Waals surface area (Å²) in [6.07, 6.45) is 0. The maximum Gasteiger partial charge on any atom is 0.252 e. The van der Waals surface area contributed by atoms with E-state index >= 15 is 0 Å². The first-order chi connectivity index (χ1) is 22.0. The van der Waals surface area contributed by atoms with Crippen molar-refractivity contribution >= 4 is 69.0 Å². The first kappa shape index (κ1) is 25.2. The van der Waals surface area contributed by atoms with Crippen LogP contribution in [0.4, 0.5) is 34.1 Å². The average Bonchev–Trinajstić information content (AvgIpc) is 3.08. The first-order valence-corrected chi connectivity index (χ1v) is 16.3. The number of rotatable bonds is 1. The van der Waals surface area contributed by atoms with Crippen LogP contribution in [-0.4, -0.2) is 6.71 Å². The van der Waals surface area contributed by atoms with Crippen LogP contribution in [0.1, 0.15) is 30.5 Å². The molecule has 4 heterocycles. The van der Waals surface area contributed by atoms with E-state index in [0.29, 0.717) is 5.56 Å². The van der Waals surface area contributed by atoms with Gasteiger partial charge in [-0.25, -0.2) is 0 Å². The number of fused-ring (bicyclic) bond motifs is 8. The molecule has 10 rings (SSSR count). The fourth-order valence-corrected chi connectivity index (χ4v) is 9.34. The highest BCUT2D eigenvalue weighted by Gasteiger charge is 2.49. The van der Waals surface area contributed by atoms with E-state index in [1.54, 1.807) is 0 Å². The molecule has 5 heteroatoms. The topological polar surface area (TPSA) is 30.3 Å². The Morgan fingerprint density at radius 3 is 2.00 bits per heavy atom. The monoisotopic (exact) mass is 591 g/mol. The van der Waals surface area contributed by atoms with E-state index in [2.05, 4.69) is 139 Å². The minimum atomic E-state index is -0.144. The summed E-state index contributed by atoms with van der Waals surface area (Å²) >= 11 is 1.87. The van der Waals surface area contributed by atoms with Crippen molar-refractivity contribution in [3.63, 3.8) is 0 Å². The van der Waals surface area contributed by atoms with Gasteiger partial charge in [0.15, 0.2) is 0 Å². The second-order valence-electron chi connectivity index (χ2n) is 12.9. The van der Waals surface area contributed by atoms with Gasteiger partial charge in [-0.3, -0.25) is 0 Å². The molecule has 6 aromatic rings. The molecule has 0 N–H and O–H groups in total. The maximum atomic E-state index is 9.52. The van der Waals surface area contributed by atoms with Gasteiger partial charge in [-0.1, -0.05) is 98.4 Å². The van der Waals surface area contributed by atoms with Crippen molar-refractivity contribution in [1.29, 1.82) is 5.26 Å². The van der Waals surface area contributed by atoms with Gasteiger partial charge in [-0.05, 0) is 87.2 Å². The fourth-order valence-electron chi connectivity index (χ4n) is 8.24. The number of anilines is 6. The Hall–Kier alpha value is -5.18. The first-order valence-electron chi connectivity index (χ1n) is 15.5. The lowest BCUT2D eigenvalue weighted by Crippen LogP contribution is -2.62. The van der Waals surface area contributed by atoms with Gasteiger partial charge in [0.05, 0.1) is 28.7 Å². The van der Waals surface area contributed by atoms with E-state index in [1.807, 2.05) is 23.9 Å². The third kappa shape index (κ3) is 3.17. The summed E-state index contributed by atoms with van der Waals surface area (Å²) in [6.45, 7) is 4.84. The SMILES string of the molecule is CC1(C)c2ccccc2N2c3cc(-c4ccc(C#N)cc4)cc4c3B(c3cccc5c3N4c3ccccc3S5)c3cccc1c32. The smallest absolute Gasteiger partial charge is 0.252 e. The molecule has 0 amide bonds. The largest absolute Gasteiger partial charge is 0.311 e. The zero-order valence-electron chi connectivity index (χ0n) is 24.9. The summed E-state index contributed by atoms with van der Waals surface area (Å²) in [5, 5.41) is 9.52.